The summed E-state index contributed by atoms with van der Waals surface area (Å²) in [5.74, 6) is -0.300. The Labute approximate surface area is 198 Å². The smallest absolute Gasteiger partial charge is 0.257 e. The third-order valence-electron chi connectivity index (χ3n) is 5.75. The number of anilines is 1. The van der Waals surface area contributed by atoms with Crippen LogP contribution in [-0.2, 0) is 14.8 Å². The van der Waals surface area contributed by atoms with Gasteiger partial charge in [-0.2, -0.15) is 4.31 Å². The molecule has 0 atom stereocenters. The first-order valence-corrected chi connectivity index (χ1v) is 13.2. The molecule has 1 N–H and O–H groups in total. The van der Waals surface area contributed by atoms with Crippen LogP contribution in [0.2, 0.25) is 0 Å². The average Bonchev–Trinajstić information content (AvgIpc) is 3.23. The van der Waals surface area contributed by atoms with E-state index in [4.69, 9.17) is 4.74 Å². The summed E-state index contributed by atoms with van der Waals surface area (Å²) in [6, 6.07) is 4.36. The van der Waals surface area contributed by atoms with E-state index < -0.39 is 10.0 Å². The van der Waals surface area contributed by atoms with Crippen LogP contribution in [0.1, 0.15) is 42.7 Å². The molecule has 1 saturated heterocycles. The van der Waals surface area contributed by atoms with Gasteiger partial charge in [-0.05, 0) is 38.0 Å². The van der Waals surface area contributed by atoms with Crippen molar-refractivity contribution < 1.29 is 22.7 Å². The number of piperidine rings is 1. The Hall–Kier alpha value is -2.50. The molecule has 0 radical (unpaired) electrons. The van der Waals surface area contributed by atoms with Crippen LogP contribution in [0.3, 0.4) is 0 Å². The zero-order chi connectivity index (χ0) is 24.2. The molecule has 9 nitrogen and oxygen atoms in total. The number of sulfonamides is 1. The summed E-state index contributed by atoms with van der Waals surface area (Å²) in [6.45, 7) is 6.87. The van der Waals surface area contributed by atoms with Gasteiger partial charge in [-0.3, -0.25) is 9.59 Å². The Morgan fingerprint density at radius 1 is 1.24 bits per heavy atom. The van der Waals surface area contributed by atoms with Crippen molar-refractivity contribution in [3.63, 3.8) is 0 Å². The second-order valence-electron chi connectivity index (χ2n) is 7.80. The average molecular weight is 495 g/mol. The third kappa shape index (κ3) is 5.53. The van der Waals surface area contributed by atoms with Crippen molar-refractivity contribution in [2.45, 2.75) is 38.5 Å². The lowest BCUT2D eigenvalue weighted by Crippen LogP contribution is -2.41. The van der Waals surface area contributed by atoms with Crippen molar-refractivity contribution in [2.75, 3.05) is 38.6 Å². The van der Waals surface area contributed by atoms with E-state index in [1.807, 2.05) is 12.3 Å². The second kappa shape index (κ2) is 10.6. The van der Waals surface area contributed by atoms with Gasteiger partial charge in [0.25, 0.3) is 5.91 Å². The lowest BCUT2D eigenvalue weighted by atomic mass is 9.95. The maximum Gasteiger partial charge on any atom is 0.257 e. The molecule has 1 aliphatic rings. The molecule has 1 fully saturated rings. The van der Waals surface area contributed by atoms with E-state index in [1.165, 1.54) is 41.0 Å². The maximum atomic E-state index is 13.3. The fraction of sp³-hybridized carbons (Fsp3) is 0.500. The number of carbonyl (C=O) groups is 2. The molecular weight excluding hydrogens is 464 g/mol. The first-order valence-electron chi connectivity index (χ1n) is 10.9. The van der Waals surface area contributed by atoms with Crippen molar-refractivity contribution in [1.82, 2.24) is 14.2 Å². The van der Waals surface area contributed by atoms with Crippen molar-refractivity contribution >= 4 is 38.3 Å². The number of aryl methyl sites for hydroxylation is 1. The number of benzene rings is 1. The van der Waals surface area contributed by atoms with E-state index in [9.17, 15) is 18.0 Å². The lowest BCUT2D eigenvalue weighted by molar-refractivity contribution is -0.121. The van der Waals surface area contributed by atoms with Gasteiger partial charge in [-0.1, -0.05) is 13.8 Å². The van der Waals surface area contributed by atoms with Gasteiger partial charge in [0.1, 0.15) is 5.75 Å². The van der Waals surface area contributed by atoms with Crippen molar-refractivity contribution in [3.05, 3.63) is 34.8 Å². The Morgan fingerprint density at radius 2 is 1.91 bits per heavy atom. The van der Waals surface area contributed by atoms with Gasteiger partial charge < -0.3 is 15.0 Å². The van der Waals surface area contributed by atoms with Crippen LogP contribution in [0.15, 0.2) is 28.5 Å². The predicted octanol–water partition coefficient (Wildman–Crippen LogP) is 2.98. The van der Waals surface area contributed by atoms with E-state index >= 15 is 0 Å². The van der Waals surface area contributed by atoms with Gasteiger partial charge in [0.15, 0.2) is 5.13 Å². The molecule has 2 amide bonds. The molecule has 0 spiro atoms. The molecule has 0 unspecified atom stereocenters. The number of nitrogens with one attached hydrogen (secondary N) is 1. The number of hydrogen-bond donors (Lipinski definition) is 1. The van der Waals surface area contributed by atoms with Crippen LogP contribution >= 0.6 is 11.3 Å². The number of ether oxygens (including phenoxy) is 1. The summed E-state index contributed by atoms with van der Waals surface area (Å²) in [4.78, 5) is 31.8. The van der Waals surface area contributed by atoms with E-state index in [1.54, 1.807) is 18.7 Å². The Balaban J connectivity index is 1.72. The number of likely N-dealkylation sites (tertiary alicyclic amines) is 1. The van der Waals surface area contributed by atoms with Gasteiger partial charge in [-0.25, -0.2) is 13.4 Å². The monoisotopic (exact) mass is 494 g/mol. The van der Waals surface area contributed by atoms with Crippen LogP contribution in [0.5, 0.6) is 5.75 Å². The predicted molar refractivity (Wildman–Crippen MR) is 127 cm³/mol. The first-order chi connectivity index (χ1) is 15.7. The number of methoxy groups -OCH3 is 1. The van der Waals surface area contributed by atoms with Gasteiger partial charge in [0.2, 0.25) is 15.9 Å². The van der Waals surface area contributed by atoms with Crippen molar-refractivity contribution in [1.29, 1.82) is 0 Å². The summed E-state index contributed by atoms with van der Waals surface area (Å²) in [6.07, 6.45) is 1.03. The topological polar surface area (TPSA) is 109 Å². The number of thiazole rings is 1. The van der Waals surface area contributed by atoms with Crippen LogP contribution in [0.4, 0.5) is 5.13 Å². The van der Waals surface area contributed by atoms with Crippen LogP contribution in [0.25, 0.3) is 0 Å². The highest BCUT2D eigenvalue weighted by molar-refractivity contribution is 7.89. The molecule has 1 aromatic heterocycles. The van der Waals surface area contributed by atoms with Crippen LogP contribution in [0, 0.1) is 12.8 Å². The second-order valence-corrected chi connectivity index (χ2v) is 10.6. The molecular formula is C22H30N4O5S2. The summed E-state index contributed by atoms with van der Waals surface area (Å²) in [7, 11) is -2.27. The van der Waals surface area contributed by atoms with Gasteiger partial charge in [0.05, 0.1) is 23.3 Å². The molecule has 0 bridgehead atoms. The first kappa shape index (κ1) is 25.1. The Bertz CT molecular complexity index is 1100. The standard InChI is InChI=1S/C22H30N4O5S2/c1-5-26(6-2)33(29,30)17-7-8-19(31-4)18(13-17)21(28)25-11-9-16(10-12-25)20(27)24-22-23-15(3)14-32-22/h7-8,13-14,16H,5-6,9-12H2,1-4H3,(H,23,24,27). The highest BCUT2D eigenvalue weighted by Gasteiger charge is 2.31. The zero-order valence-corrected chi connectivity index (χ0v) is 21.0. The molecule has 3 rings (SSSR count). The molecule has 2 aromatic rings. The number of amides is 2. The quantitative estimate of drug-likeness (QED) is 0.604. The number of rotatable bonds is 8. The largest absolute Gasteiger partial charge is 0.496 e. The van der Waals surface area contributed by atoms with Gasteiger partial charge in [-0.15, -0.1) is 11.3 Å². The summed E-state index contributed by atoms with van der Waals surface area (Å²) < 4.78 is 32.5. The highest BCUT2D eigenvalue weighted by Crippen LogP contribution is 2.28. The number of aromatic nitrogens is 1. The van der Waals surface area contributed by atoms with Crippen molar-refractivity contribution in [2.24, 2.45) is 5.92 Å². The van der Waals surface area contributed by atoms with E-state index in [2.05, 4.69) is 10.3 Å². The van der Waals surface area contributed by atoms with E-state index in [0.29, 0.717) is 49.9 Å². The molecule has 180 valence electrons. The number of carbonyl (C=O) groups excluding carboxylic acids is 2. The molecule has 2 heterocycles. The minimum absolute atomic E-state index is 0.0587. The molecule has 0 saturated carbocycles. The van der Waals surface area contributed by atoms with E-state index in [0.717, 1.165) is 5.69 Å². The van der Waals surface area contributed by atoms with Crippen molar-refractivity contribution in [3.8, 4) is 5.75 Å². The summed E-state index contributed by atoms with van der Waals surface area (Å²) in [5, 5.41) is 5.30. The third-order valence-corrected chi connectivity index (χ3v) is 8.67. The molecule has 11 heteroatoms. The Kier molecular flexibility index (Phi) is 8.09. The lowest BCUT2D eigenvalue weighted by Gasteiger charge is -2.31. The fourth-order valence-electron chi connectivity index (χ4n) is 3.86. The highest BCUT2D eigenvalue weighted by atomic mass is 32.2. The molecule has 0 aliphatic carbocycles. The maximum absolute atomic E-state index is 13.3. The molecule has 1 aliphatic heterocycles. The zero-order valence-electron chi connectivity index (χ0n) is 19.3. The summed E-state index contributed by atoms with van der Waals surface area (Å²) in [5.41, 5.74) is 1.06. The van der Waals surface area contributed by atoms with Crippen LogP contribution in [-0.4, -0.2) is 67.7 Å². The number of hydrogen-bond acceptors (Lipinski definition) is 7. The number of nitrogens with zero attached hydrogens (tertiary/aromatic N) is 3. The summed E-state index contributed by atoms with van der Waals surface area (Å²) >= 11 is 1.38. The van der Waals surface area contributed by atoms with Crippen LogP contribution < -0.4 is 10.1 Å². The minimum Gasteiger partial charge on any atom is -0.496 e. The van der Waals surface area contributed by atoms with E-state index in [-0.39, 0.29) is 28.2 Å². The Morgan fingerprint density at radius 3 is 2.45 bits per heavy atom. The fourth-order valence-corrected chi connectivity index (χ4v) is 6.04. The molecule has 1 aromatic carbocycles. The minimum atomic E-state index is -3.71. The van der Waals surface area contributed by atoms with Gasteiger partial charge in [0, 0.05) is 37.5 Å². The molecule has 33 heavy (non-hydrogen) atoms. The van der Waals surface area contributed by atoms with Gasteiger partial charge >= 0.3 is 0 Å². The SMILES string of the molecule is CCN(CC)S(=O)(=O)c1ccc(OC)c(C(=O)N2CCC(C(=O)Nc3nc(C)cs3)CC2)c1. The normalized spacial score (nSPS) is 15.0.